The molecular weight excluding hydrogens is 443 g/mol. The van der Waals surface area contributed by atoms with Gasteiger partial charge in [-0.2, -0.15) is 0 Å². The summed E-state index contributed by atoms with van der Waals surface area (Å²) in [4.78, 5) is 7.17. The van der Waals surface area contributed by atoms with Crippen molar-refractivity contribution in [3.63, 3.8) is 0 Å². The third kappa shape index (κ3) is 8.66. The van der Waals surface area contributed by atoms with E-state index in [4.69, 9.17) is 14.5 Å². The van der Waals surface area contributed by atoms with Crippen LogP contribution in [0.4, 0.5) is 0 Å². The van der Waals surface area contributed by atoms with E-state index in [1.165, 1.54) is 11.1 Å². The number of hydrogen-bond acceptors (Lipinski definition) is 4. The molecule has 0 aromatic heterocycles. The molecule has 148 valence electrons. The second-order valence-electron chi connectivity index (χ2n) is 6.13. The van der Waals surface area contributed by atoms with Gasteiger partial charge in [-0.25, -0.2) is 4.99 Å². The molecule has 2 N–H and O–H groups in total. The quantitative estimate of drug-likeness (QED) is 0.248. The van der Waals surface area contributed by atoms with Gasteiger partial charge in [-0.15, -0.1) is 24.0 Å². The number of ether oxygens (including phenoxy) is 2. The molecule has 0 bridgehead atoms. The van der Waals surface area contributed by atoms with E-state index in [0.29, 0.717) is 13.2 Å². The standard InChI is InChI=1S/C19H32N4O2.HI/c1-3-20-19(21-9-6-10-23-11-13-25-14-12-23)22-15-17-7-4-5-8-18(17)16-24-2;/h4-5,7-8H,3,6,9-16H2,1-2H3,(H2,20,21,22);1H. The van der Waals surface area contributed by atoms with Crippen molar-refractivity contribution in [1.82, 2.24) is 15.5 Å². The normalized spacial score (nSPS) is 15.4. The first-order valence-electron chi connectivity index (χ1n) is 9.21. The first-order chi connectivity index (χ1) is 12.3. The third-order valence-electron chi connectivity index (χ3n) is 4.22. The van der Waals surface area contributed by atoms with Crippen molar-refractivity contribution < 1.29 is 9.47 Å². The Morgan fingerprint density at radius 1 is 1.19 bits per heavy atom. The molecule has 26 heavy (non-hydrogen) atoms. The van der Waals surface area contributed by atoms with E-state index in [1.54, 1.807) is 7.11 Å². The van der Waals surface area contributed by atoms with Gasteiger partial charge in [0, 0.05) is 33.3 Å². The molecule has 0 spiro atoms. The molecule has 1 fully saturated rings. The van der Waals surface area contributed by atoms with Gasteiger partial charge in [0.05, 0.1) is 26.4 Å². The van der Waals surface area contributed by atoms with Crippen molar-refractivity contribution in [3.8, 4) is 0 Å². The summed E-state index contributed by atoms with van der Waals surface area (Å²) in [5, 5.41) is 6.75. The van der Waals surface area contributed by atoms with Crippen LogP contribution >= 0.6 is 24.0 Å². The molecule has 0 atom stereocenters. The van der Waals surface area contributed by atoms with Crippen LogP contribution in [0.1, 0.15) is 24.5 Å². The number of nitrogens with zero attached hydrogens (tertiary/aromatic N) is 2. The highest BCUT2D eigenvalue weighted by Crippen LogP contribution is 2.11. The van der Waals surface area contributed by atoms with Crippen LogP contribution < -0.4 is 10.6 Å². The smallest absolute Gasteiger partial charge is 0.191 e. The van der Waals surface area contributed by atoms with Crippen LogP contribution in [0.3, 0.4) is 0 Å². The molecule has 0 saturated carbocycles. The Morgan fingerprint density at radius 3 is 2.62 bits per heavy atom. The van der Waals surface area contributed by atoms with Gasteiger partial charge in [0.1, 0.15) is 0 Å². The molecule has 1 aromatic carbocycles. The van der Waals surface area contributed by atoms with Crippen molar-refractivity contribution in [3.05, 3.63) is 35.4 Å². The lowest BCUT2D eigenvalue weighted by Gasteiger charge is -2.26. The molecular formula is C19H33IN4O2. The second-order valence-corrected chi connectivity index (χ2v) is 6.13. The van der Waals surface area contributed by atoms with Gasteiger partial charge in [0.25, 0.3) is 0 Å². The van der Waals surface area contributed by atoms with E-state index >= 15 is 0 Å². The Kier molecular flexibility index (Phi) is 12.6. The number of guanidine groups is 1. The van der Waals surface area contributed by atoms with E-state index in [2.05, 4.69) is 34.6 Å². The second kappa shape index (κ2) is 14.2. The van der Waals surface area contributed by atoms with Gasteiger partial charge in [0.15, 0.2) is 5.96 Å². The summed E-state index contributed by atoms with van der Waals surface area (Å²) in [6, 6.07) is 8.29. The fourth-order valence-electron chi connectivity index (χ4n) is 2.85. The molecule has 1 aliphatic rings. The Labute approximate surface area is 174 Å². The minimum atomic E-state index is 0. The molecule has 6 nitrogen and oxygen atoms in total. The number of morpholine rings is 1. The number of nitrogens with one attached hydrogen (secondary N) is 2. The summed E-state index contributed by atoms with van der Waals surface area (Å²) in [5.41, 5.74) is 2.40. The predicted molar refractivity (Wildman–Crippen MR) is 117 cm³/mol. The maximum absolute atomic E-state index is 5.38. The predicted octanol–water partition coefficient (Wildman–Crippen LogP) is 2.23. The van der Waals surface area contributed by atoms with Crippen LogP contribution in [0.25, 0.3) is 0 Å². The minimum Gasteiger partial charge on any atom is -0.380 e. The van der Waals surface area contributed by atoms with Crippen LogP contribution in [0.2, 0.25) is 0 Å². The lowest BCUT2D eigenvalue weighted by molar-refractivity contribution is 0.0376. The summed E-state index contributed by atoms with van der Waals surface area (Å²) in [6.07, 6.45) is 1.10. The number of benzene rings is 1. The van der Waals surface area contributed by atoms with E-state index in [0.717, 1.165) is 58.3 Å². The summed E-state index contributed by atoms with van der Waals surface area (Å²) in [5.74, 6) is 0.872. The number of hydrogen-bond donors (Lipinski definition) is 2. The van der Waals surface area contributed by atoms with Crippen LogP contribution in [0, 0.1) is 0 Å². The summed E-state index contributed by atoms with van der Waals surface area (Å²) >= 11 is 0. The molecule has 2 rings (SSSR count). The topological polar surface area (TPSA) is 58.1 Å². The van der Waals surface area contributed by atoms with Crippen molar-refractivity contribution in [1.29, 1.82) is 0 Å². The Hall–Kier alpha value is -0.900. The first-order valence-corrected chi connectivity index (χ1v) is 9.21. The first kappa shape index (κ1) is 23.1. The average molecular weight is 476 g/mol. The minimum absolute atomic E-state index is 0. The zero-order chi connectivity index (χ0) is 17.7. The molecule has 1 aliphatic heterocycles. The zero-order valence-electron chi connectivity index (χ0n) is 16.0. The highest BCUT2D eigenvalue weighted by atomic mass is 127. The molecule has 0 radical (unpaired) electrons. The van der Waals surface area contributed by atoms with Gasteiger partial charge >= 0.3 is 0 Å². The number of aliphatic imine (C=N–C) groups is 1. The molecule has 1 aromatic rings. The maximum atomic E-state index is 5.38. The van der Waals surface area contributed by atoms with Crippen LogP contribution in [0.5, 0.6) is 0 Å². The molecule has 0 amide bonds. The average Bonchev–Trinajstić information content (AvgIpc) is 2.65. The number of methoxy groups -OCH3 is 1. The summed E-state index contributed by atoms with van der Waals surface area (Å²) < 4.78 is 10.6. The largest absolute Gasteiger partial charge is 0.380 e. The van der Waals surface area contributed by atoms with Gasteiger partial charge in [0.2, 0.25) is 0 Å². The van der Waals surface area contributed by atoms with Crippen LogP contribution in [0.15, 0.2) is 29.3 Å². The van der Waals surface area contributed by atoms with Crippen molar-refractivity contribution in [2.24, 2.45) is 4.99 Å². The molecule has 7 heteroatoms. The fraction of sp³-hybridized carbons (Fsp3) is 0.632. The van der Waals surface area contributed by atoms with Gasteiger partial charge < -0.3 is 20.1 Å². The van der Waals surface area contributed by atoms with Crippen molar-refractivity contribution in [2.45, 2.75) is 26.5 Å². The number of halogens is 1. The summed E-state index contributed by atoms with van der Waals surface area (Å²) in [6.45, 7) is 10.0. The van der Waals surface area contributed by atoms with E-state index in [1.807, 2.05) is 12.1 Å². The third-order valence-corrected chi connectivity index (χ3v) is 4.22. The van der Waals surface area contributed by atoms with Gasteiger partial charge in [-0.1, -0.05) is 24.3 Å². The van der Waals surface area contributed by atoms with Gasteiger partial charge in [-0.3, -0.25) is 4.90 Å². The highest BCUT2D eigenvalue weighted by molar-refractivity contribution is 14.0. The number of rotatable bonds is 9. The Bertz CT molecular complexity index is 522. The molecule has 0 aliphatic carbocycles. The fourth-order valence-corrected chi connectivity index (χ4v) is 2.85. The summed E-state index contributed by atoms with van der Waals surface area (Å²) in [7, 11) is 1.72. The molecule has 1 heterocycles. The monoisotopic (exact) mass is 476 g/mol. The van der Waals surface area contributed by atoms with Crippen LogP contribution in [-0.4, -0.2) is 63.9 Å². The Balaban J connectivity index is 0.00000338. The molecule has 0 unspecified atom stereocenters. The van der Waals surface area contributed by atoms with Crippen molar-refractivity contribution >= 4 is 29.9 Å². The lowest BCUT2D eigenvalue weighted by Crippen LogP contribution is -2.40. The van der Waals surface area contributed by atoms with Crippen LogP contribution in [-0.2, 0) is 22.6 Å². The highest BCUT2D eigenvalue weighted by Gasteiger charge is 2.09. The SMILES string of the molecule is CCNC(=NCc1ccccc1COC)NCCCN1CCOCC1.I. The Morgan fingerprint density at radius 2 is 1.92 bits per heavy atom. The molecule has 1 saturated heterocycles. The van der Waals surface area contributed by atoms with E-state index < -0.39 is 0 Å². The van der Waals surface area contributed by atoms with Gasteiger partial charge in [-0.05, 0) is 31.0 Å². The van der Waals surface area contributed by atoms with Crippen molar-refractivity contribution in [2.75, 3.05) is 53.0 Å². The zero-order valence-corrected chi connectivity index (χ0v) is 18.3. The lowest BCUT2D eigenvalue weighted by atomic mass is 10.1. The maximum Gasteiger partial charge on any atom is 0.191 e. The van der Waals surface area contributed by atoms with E-state index in [-0.39, 0.29) is 24.0 Å². The van der Waals surface area contributed by atoms with E-state index in [9.17, 15) is 0 Å².